The zero-order chi connectivity index (χ0) is 21.7. The van der Waals surface area contributed by atoms with E-state index in [2.05, 4.69) is 5.32 Å². The number of nitrogens with one attached hydrogen (secondary N) is 1. The van der Waals surface area contributed by atoms with E-state index in [1.807, 2.05) is 17.0 Å². The Kier molecular flexibility index (Phi) is 6.89. The lowest BCUT2D eigenvalue weighted by atomic mass is 9.90. The number of esters is 1. The van der Waals surface area contributed by atoms with Crippen LogP contribution in [0.1, 0.15) is 23.6 Å². The number of carbonyl (C=O) groups is 2. The number of anilines is 1. The number of hydrogen-bond donors (Lipinski definition) is 1. The van der Waals surface area contributed by atoms with E-state index in [4.69, 9.17) is 14.2 Å². The van der Waals surface area contributed by atoms with Gasteiger partial charge in [0.2, 0.25) is 5.91 Å². The minimum absolute atomic E-state index is 0.0476. The third-order valence-electron chi connectivity index (χ3n) is 5.16. The van der Waals surface area contributed by atoms with Crippen molar-refractivity contribution in [3.05, 3.63) is 53.3 Å². The van der Waals surface area contributed by atoms with E-state index in [9.17, 15) is 14.0 Å². The lowest BCUT2D eigenvalue weighted by Crippen LogP contribution is -2.41. The Hall–Kier alpha value is -3.13. The van der Waals surface area contributed by atoms with Crippen LogP contribution in [0.4, 0.5) is 10.1 Å². The van der Waals surface area contributed by atoms with E-state index in [1.54, 1.807) is 20.3 Å². The second-order valence-corrected chi connectivity index (χ2v) is 6.98. The fraction of sp³-hybridized carbons (Fsp3) is 0.364. The second kappa shape index (κ2) is 9.58. The molecule has 0 aromatic heterocycles. The van der Waals surface area contributed by atoms with Gasteiger partial charge in [0.15, 0.2) is 11.5 Å². The Labute approximate surface area is 174 Å². The Balaban J connectivity index is 1.85. The summed E-state index contributed by atoms with van der Waals surface area (Å²) in [4.78, 5) is 26.6. The molecule has 3 rings (SSSR count). The molecule has 7 nitrogen and oxygen atoms in total. The fourth-order valence-corrected chi connectivity index (χ4v) is 3.70. The number of benzene rings is 2. The van der Waals surface area contributed by atoms with E-state index >= 15 is 0 Å². The molecule has 8 heteroatoms. The molecule has 2 aromatic carbocycles. The topological polar surface area (TPSA) is 77.1 Å². The third kappa shape index (κ3) is 4.88. The summed E-state index contributed by atoms with van der Waals surface area (Å²) >= 11 is 0. The SMILES string of the molecule is COC(=O)C[C@H]1c2cc(OC)c(OC)cc2CCN1CC(=O)Nc1cccc(F)c1. The summed E-state index contributed by atoms with van der Waals surface area (Å²) in [6, 6.07) is 9.11. The Morgan fingerprint density at radius 2 is 1.87 bits per heavy atom. The van der Waals surface area contributed by atoms with Crippen molar-refractivity contribution < 1.29 is 28.2 Å². The first-order chi connectivity index (χ1) is 14.4. The molecule has 0 saturated carbocycles. The van der Waals surface area contributed by atoms with Gasteiger partial charge in [-0.2, -0.15) is 0 Å². The molecule has 1 atom stereocenters. The second-order valence-electron chi connectivity index (χ2n) is 6.98. The van der Waals surface area contributed by atoms with Gasteiger partial charge in [0, 0.05) is 18.3 Å². The molecular formula is C22H25FN2O5. The number of ether oxygens (including phenoxy) is 3. The normalized spacial score (nSPS) is 15.8. The molecule has 1 aliphatic heterocycles. The Bertz CT molecular complexity index is 934. The monoisotopic (exact) mass is 416 g/mol. The molecule has 160 valence electrons. The van der Waals surface area contributed by atoms with Gasteiger partial charge in [-0.25, -0.2) is 4.39 Å². The number of halogens is 1. The molecule has 0 unspecified atom stereocenters. The highest BCUT2D eigenvalue weighted by Crippen LogP contribution is 2.39. The van der Waals surface area contributed by atoms with E-state index in [-0.39, 0.29) is 30.9 Å². The molecule has 30 heavy (non-hydrogen) atoms. The zero-order valence-corrected chi connectivity index (χ0v) is 17.2. The molecule has 0 bridgehead atoms. The molecule has 1 amide bonds. The summed E-state index contributed by atoms with van der Waals surface area (Å²) < 4.78 is 29.0. The minimum Gasteiger partial charge on any atom is -0.493 e. The Morgan fingerprint density at radius 1 is 1.13 bits per heavy atom. The quantitative estimate of drug-likeness (QED) is 0.700. The third-order valence-corrected chi connectivity index (χ3v) is 5.16. The van der Waals surface area contributed by atoms with Gasteiger partial charge in [0.25, 0.3) is 0 Å². The first-order valence-corrected chi connectivity index (χ1v) is 9.56. The van der Waals surface area contributed by atoms with E-state index in [1.165, 1.54) is 25.3 Å². The van der Waals surface area contributed by atoms with Crippen molar-refractivity contribution in [1.29, 1.82) is 0 Å². The van der Waals surface area contributed by atoms with Gasteiger partial charge in [0.05, 0.1) is 34.3 Å². The van der Waals surface area contributed by atoms with Crippen molar-refractivity contribution in [3.63, 3.8) is 0 Å². The zero-order valence-electron chi connectivity index (χ0n) is 17.2. The van der Waals surface area contributed by atoms with Crippen LogP contribution >= 0.6 is 0 Å². The highest BCUT2D eigenvalue weighted by molar-refractivity contribution is 5.92. The molecular weight excluding hydrogens is 391 g/mol. The van der Waals surface area contributed by atoms with Gasteiger partial charge < -0.3 is 19.5 Å². The van der Waals surface area contributed by atoms with Gasteiger partial charge >= 0.3 is 5.97 Å². The van der Waals surface area contributed by atoms with Crippen LogP contribution in [-0.2, 0) is 20.7 Å². The van der Waals surface area contributed by atoms with Crippen LogP contribution < -0.4 is 14.8 Å². The van der Waals surface area contributed by atoms with Gasteiger partial charge in [-0.05, 0) is 47.9 Å². The van der Waals surface area contributed by atoms with Crippen molar-refractivity contribution in [2.45, 2.75) is 18.9 Å². The van der Waals surface area contributed by atoms with E-state index in [0.717, 1.165) is 11.1 Å². The summed E-state index contributed by atoms with van der Waals surface area (Å²) in [5.41, 5.74) is 2.31. The molecule has 0 aliphatic carbocycles. The fourth-order valence-electron chi connectivity index (χ4n) is 3.70. The van der Waals surface area contributed by atoms with E-state index < -0.39 is 5.82 Å². The summed E-state index contributed by atoms with van der Waals surface area (Å²) in [5.74, 6) is 0.0735. The minimum atomic E-state index is -0.427. The predicted octanol–water partition coefficient (Wildman–Crippen LogP) is 2.94. The van der Waals surface area contributed by atoms with Gasteiger partial charge in [-0.3, -0.25) is 14.5 Å². The smallest absolute Gasteiger partial charge is 0.307 e. The van der Waals surface area contributed by atoms with Crippen LogP contribution in [0, 0.1) is 5.82 Å². The molecule has 1 aliphatic rings. The molecule has 1 heterocycles. The molecule has 0 saturated heterocycles. The van der Waals surface area contributed by atoms with Crippen molar-refractivity contribution in [3.8, 4) is 11.5 Å². The number of rotatable bonds is 7. The van der Waals surface area contributed by atoms with Crippen LogP contribution in [0.15, 0.2) is 36.4 Å². The first kappa shape index (κ1) is 21.6. The van der Waals surface area contributed by atoms with Crippen LogP contribution in [0.25, 0.3) is 0 Å². The molecule has 0 radical (unpaired) electrons. The number of amides is 1. The number of fused-ring (bicyclic) bond motifs is 1. The summed E-state index contributed by atoms with van der Waals surface area (Å²) in [6.45, 7) is 0.618. The maximum Gasteiger partial charge on any atom is 0.307 e. The number of methoxy groups -OCH3 is 3. The molecule has 2 aromatic rings. The summed E-state index contributed by atoms with van der Waals surface area (Å²) in [7, 11) is 4.45. The Morgan fingerprint density at radius 3 is 2.53 bits per heavy atom. The first-order valence-electron chi connectivity index (χ1n) is 9.56. The average Bonchev–Trinajstić information content (AvgIpc) is 2.74. The molecule has 0 fully saturated rings. The van der Waals surface area contributed by atoms with Crippen molar-refractivity contribution in [1.82, 2.24) is 4.90 Å². The van der Waals surface area contributed by atoms with Crippen LogP contribution in [-0.4, -0.2) is 51.2 Å². The van der Waals surface area contributed by atoms with Gasteiger partial charge in [-0.1, -0.05) is 6.07 Å². The van der Waals surface area contributed by atoms with Crippen molar-refractivity contribution >= 4 is 17.6 Å². The van der Waals surface area contributed by atoms with Gasteiger partial charge in [0.1, 0.15) is 5.82 Å². The van der Waals surface area contributed by atoms with Crippen LogP contribution in [0.3, 0.4) is 0 Å². The lowest BCUT2D eigenvalue weighted by molar-refractivity contribution is -0.142. The van der Waals surface area contributed by atoms with Crippen LogP contribution in [0.5, 0.6) is 11.5 Å². The average molecular weight is 416 g/mol. The molecule has 1 N–H and O–H groups in total. The molecule has 0 spiro atoms. The maximum atomic E-state index is 13.4. The largest absolute Gasteiger partial charge is 0.493 e. The van der Waals surface area contributed by atoms with Crippen molar-refractivity contribution in [2.24, 2.45) is 0 Å². The van der Waals surface area contributed by atoms with Crippen LogP contribution in [0.2, 0.25) is 0 Å². The highest BCUT2D eigenvalue weighted by atomic mass is 19.1. The maximum absolute atomic E-state index is 13.4. The number of nitrogens with zero attached hydrogens (tertiary/aromatic N) is 1. The predicted molar refractivity (Wildman–Crippen MR) is 109 cm³/mol. The number of hydrogen-bond acceptors (Lipinski definition) is 6. The van der Waals surface area contributed by atoms with E-state index in [0.29, 0.717) is 30.2 Å². The summed E-state index contributed by atoms with van der Waals surface area (Å²) in [6.07, 6.45) is 0.771. The number of carbonyl (C=O) groups excluding carboxylic acids is 2. The highest BCUT2D eigenvalue weighted by Gasteiger charge is 2.32. The standard InChI is InChI=1S/C22H25FN2O5/c1-28-19-9-14-7-8-25(13-21(26)24-16-6-4-5-15(23)10-16)18(12-22(27)30-3)17(14)11-20(19)29-2/h4-6,9-11,18H,7-8,12-13H2,1-3H3,(H,24,26)/t18-/m0/s1. The van der Waals surface area contributed by atoms with Gasteiger partial charge in [-0.15, -0.1) is 0 Å². The lowest BCUT2D eigenvalue weighted by Gasteiger charge is -2.36. The van der Waals surface area contributed by atoms with Crippen molar-refractivity contribution in [2.75, 3.05) is 39.7 Å². The summed E-state index contributed by atoms with van der Waals surface area (Å²) in [5, 5.41) is 2.70.